The first-order valence-corrected chi connectivity index (χ1v) is 7.88. The molecule has 0 bridgehead atoms. The van der Waals surface area contributed by atoms with Crippen LogP contribution in [0.3, 0.4) is 0 Å². The van der Waals surface area contributed by atoms with E-state index in [1.165, 1.54) is 4.90 Å². The smallest absolute Gasteiger partial charge is 0.261 e. The summed E-state index contributed by atoms with van der Waals surface area (Å²) >= 11 is 6.16. The second-order valence-corrected chi connectivity index (χ2v) is 6.42. The van der Waals surface area contributed by atoms with Crippen LogP contribution in [0.25, 0.3) is 0 Å². The summed E-state index contributed by atoms with van der Waals surface area (Å²) in [5, 5.41) is 6.91. The first kappa shape index (κ1) is 18.0. The normalized spacial score (nSPS) is 10.8. The third kappa shape index (κ3) is 3.59. The van der Waals surface area contributed by atoms with E-state index >= 15 is 0 Å². The van der Waals surface area contributed by atoms with E-state index in [1.807, 2.05) is 13.8 Å². The predicted molar refractivity (Wildman–Crippen MR) is 92.8 cm³/mol. The van der Waals surface area contributed by atoms with Crippen LogP contribution in [-0.4, -0.2) is 36.0 Å². The minimum atomic E-state index is -0.319. The predicted octanol–water partition coefficient (Wildman–Crippen LogP) is 3.71. The Morgan fingerprint density at radius 1 is 1.29 bits per heavy atom. The Morgan fingerprint density at radius 2 is 1.96 bits per heavy atom. The SMILES string of the molecule is Cc1noc(C(C)C)c1C(=O)Nc1ccc(C(=O)N(C)C)c(Cl)c1. The molecular formula is C17H20ClN3O3. The molecule has 1 N–H and O–H groups in total. The largest absolute Gasteiger partial charge is 0.360 e. The van der Waals surface area contributed by atoms with Crippen molar-refractivity contribution in [3.05, 3.63) is 45.8 Å². The fourth-order valence-corrected chi connectivity index (χ4v) is 2.52. The summed E-state index contributed by atoms with van der Waals surface area (Å²) in [6.07, 6.45) is 0. The molecule has 6 nitrogen and oxygen atoms in total. The van der Waals surface area contributed by atoms with Gasteiger partial charge in [-0.05, 0) is 25.1 Å². The molecule has 0 aliphatic rings. The molecule has 0 unspecified atom stereocenters. The molecule has 0 atom stereocenters. The quantitative estimate of drug-likeness (QED) is 0.912. The standard InChI is InChI=1S/C17H20ClN3O3/c1-9(2)15-14(10(3)20-24-15)16(22)19-11-6-7-12(13(18)8-11)17(23)21(4)5/h6-9H,1-5H3,(H,19,22). The Kier molecular flexibility index (Phi) is 5.29. The molecule has 0 radical (unpaired) electrons. The maximum atomic E-state index is 12.5. The number of halogens is 1. The fraction of sp³-hybridized carbons (Fsp3) is 0.353. The van der Waals surface area contributed by atoms with Crippen molar-refractivity contribution in [2.45, 2.75) is 26.7 Å². The molecule has 0 aliphatic heterocycles. The minimum Gasteiger partial charge on any atom is -0.360 e. The van der Waals surface area contributed by atoms with Crippen LogP contribution in [-0.2, 0) is 0 Å². The van der Waals surface area contributed by atoms with Crippen molar-refractivity contribution >= 4 is 29.1 Å². The Labute approximate surface area is 145 Å². The topological polar surface area (TPSA) is 75.4 Å². The van der Waals surface area contributed by atoms with Gasteiger partial charge in [0.15, 0.2) is 5.76 Å². The van der Waals surface area contributed by atoms with Gasteiger partial charge in [-0.15, -0.1) is 0 Å². The number of aromatic nitrogens is 1. The molecule has 0 saturated carbocycles. The molecular weight excluding hydrogens is 330 g/mol. The van der Waals surface area contributed by atoms with Crippen molar-refractivity contribution in [2.24, 2.45) is 0 Å². The second kappa shape index (κ2) is 7.05. The van der Waals surface area contributed by atoms with Crippen LogP contribution in [0.4, 0.5) is 5.69 Å². The third-order valence-corrected chi connectivity index (χ3v) is 3.82. The summed E-state index contributed by atoms with van der Waals surface area (Å²) in [6.45, 7) is 5.57. The number of hydrogen-bond donors (Lipinski definition) is 1. The molecule has 2 rings (SSSR count). The number of carbonyl (C=O) groups is 2. The van der Waals surface area contributed by atoms with Crippen molar-refractivity contribution in [1.29, 1.82) is 0 Å². The highest BCUT2D eigenvalue weighted by molar-refractivity contribution is 6.34. The van der Waals surface area contributed by atoms with E-state index in [4.69, 9.17) is 16.1 Å². The van der Waals surface area contributed by atoms with E-state index in [-0.39, 0.29) is 22.8 Å². The molecule has 0 spiro atoms. The highest BCUT2D eigenvalue weighted by Crippen LogP contribution is 2.25. The lowest BCUT2D eigenvalue weighted by molar-refractivity contribution is 0.0827. The van der Waals surface area contributed by atoms with E-state index in [9.17, 15) is 9.59 Å². The fourth-order valence-electron chi connectivity index (χ4n) is 2.26. The highest BCUT2D eigenvalue weighted by atomic mass is 35.5. The van der Waals surface area contributed by atoms with Gasteiger partial charge < -0.3 is 14.7 Å². The van der Waals surface area contributed by atoms with E-state index in [1.54, 1.807) is 39.2 Å². The van der Waals surface area contributed by atoms with Crippen LogP contribution in [0, 0.1) is 6.92 Å². The van der Waals surface area contributed by atoms with Crippen LogP contribution >= 0.6 is 11.6 Å². The number of aryl methyl sites for hydroxylation is 1. The summed E-state index contributed by atoms with van der Waals surface area (Å²) < 4.78 is 5.23. The Morgan fingerprint density at radius 3 is 2.50 bits per heavy atom. The Bertz CT molecular complexity index is 781. The van der Waals surface area contributed by atoms with Gasteiger partial charge in [-0.3, -0.25) is 9.59 Å². The van der Waals surface area contributed by atoms with Gasteiger partial charge >= 0.3 is 0 Å². The van der Waals surface area contributed by atoms with Crippen LogP contribution in [0.1, 0.15) is 51.9 Å². The number of nitrogens with one attached hydrogen (secondary N) is 1. The summed E-state index contributed by atoms with van der Waals surface area (Å²) in [5.74, 6) is 0.0566. The molecule has 1 heterocycles. The molecule has 0 fully saturated rings. The van der Waals surface area contributed by atoms with E-state index in [2.05, 4.69) is 10.5 Å². The van der Waals surface area contributed by atoms with Gasteiger partial charge in [-0.1, -0.05) is 30.6 Å². The number of benzene rings is 1. The monoisotopic (exact) mass is 349 g/mol. The maximum Gasteiger partial charge on any atom is 0.261 e. The molecule has 1 aromatic heterocycles. The number of nitrogens with zero attached hydrogens (tertiary/aromatic N) is 2. The summed E-state index contributed by atoms with van der Waals surface area (Å²) in [4.78, 5) is 26.0. The molecule has 2 aromatic rings. The van der Waals surface area contributed by atoms with Gasteiger partial charge in [0.2, 0.25) is 0 Å². The molecule has 0 aliphatic carbocycles. The van der Waals surface area contributed by atoms with Gasteiger partial charge in [0.05, 0.1) is 16.3 Å². The Balaban J connectivity index is 2.26. The number of rotatable bonds is 4. The van der Waals surface area contributed by atoms with Gasteiger partial charge in [0, 0.05) is 25.7 Å². The van der Waals surface area contributed by atoms with Crippen LogP contribution in [0.15, 0.2) is 22.7 Å². The van der Waals surface area contributed by atoms with Crippen molar-refractivity contribution in [3.63, 3.8) is 0 Å². The lowest BCUT2D eigenvalue weighted by Crippen LogP contribution is -2.22. The second-order valence-electron chi connectivity index (χ2n) is 6.01. The van der Waals surface area contributed by atoms with Gasteiger partial charge in [-0.2, -0.15) is 0 Å². The zero-order chi connectivity index (χ0) is 18.0. The zero-order valence-corrected chi connectivity index (χ0v) is 15.1. The van der Waals surface area contributed by atoms with E-state index < -0.39 is 0 Å². The summed E-state index contributed by atoms with van der Waals surface area (Å²) in [6, 6.07) is 4.77. The molecule has 1 aromatic carbocycles. The average molecular weight is 350 g/mol. The number of carbonyl (C=O) groups excluding carboxylic acids is 2. The molecule has 2 amide bonds. The lowest BCUT2D eigenvalue weighted by atomic mass is 10.0. The molecule has 7 heteroatoms. The number of anilines is 1. The minimum absolute atomic E-state index is 0.0376. The number of hydrogen-bond acceptors (Lipinski definition) is 4. The first-order chi connectivity index (χ1) is 11.2. The van der Waals surface area contributed by atoms with Crippen molar-refractivity contribution in [1.82, 2.24) is 10.1 Å². The van der Waals surface area contributed by atoms with E-state index in [0.29, 0.717) is 28.3 Å². The highest BCUT2D eigenvalue weighted by Gasteiger charge is 2.23. The lowest BCUT2D eigenvalue weighted by Gasteiger charge is -2.13. The average Bonchev–Trinajstić information content (AvgIpc) is 2.88. The summed E-state index contributed by atoms with van der Waals surface area (Å²) in [5.41, 5.74) is 1.83. The van der Waals surface area contributed by atoms with Crippen molar-refractivity contribution in [2.75, 3.05) is 19.4 Å². The maximum absolute atomic E-state index is 12.5. The van der Waals surface area contributed by atoms with Gasteiger partial charge in [-0.25, -0.2) is 0 Å². The Hall–Kier alpha value is -2.34. The van der Waals surface area contributed by atoms with Crippen molar-refractivity contribution in [3.8, 4) is 0 Å². The van der Waals surface area contributed by atoms with Crippen LogP contribution in [0.2, 0.25) is 5.02 Å². The molecule has 0 saturated heterocycles. The van der Waals surface area contributed by atoms with Crippen LogP contribution in [0.5, 0.6) is 0 Å². The molecule has 128 valence electrons. The summed E-state index contributed by atoms with van der Waals surface area (Å²) in [7, 11) is 3.30. The van der Waals surface area contributed by atoms with Crippen LogP contribution < -0.4 is 5.32 Å². The third-order valence-electron chi connectivity index (χ3n) is 3.50. The van der Waals surface area contributed by atoms with Gasteiger partial charge in [0.25, 0.3) is 11.8 Å². The van der Waals surface area contributed by atoms with Gasteiger partial charge in [0.1, 0.15) is 5.56 Å². The number of amides is 2. The molecule has 24 heavy (non-hydrogen) atoms. The van der Waals surface area contributed by atoms with Crippen molar-refractivity contribution < 1.29 is 14.1 Å². The van der Waals surface area contributed by atoms with E-state index in [0.717, 1.165) is 0 Å². The first-order valence-electron chi connectivity index (χ1n) is 7.51. The zero-order valence-electron chi connectivity index (χ0n) is 14.3.